The number of nitrogens with zero attached hydrogens (tertiary/aromatic N) is 1. The van der Waals surface area contributed by atoms with Crippen molar-refractivity contribution < 1.29 is 14.6 Å². The molecule has 1 amide bonds. The second kappa shape index (κ2) is 3.62. The fourth-order valence-corrected chi connectivity index (χ4v) is 2.33. The van der Waals surface area contributed by atoms with Gasteiger partial charge in [0.25, 0.3) is 0 Å². The van der Waals surface area contributed by atoms with Crippen LogP contribution < -0.4 is 0 Å². The molecule has 1 saturated heterocycles. The molecule has 1 aliphatic carbocycles. The van der Waals surface area contributed by atoms with Gasteiger partial charge in [0.1, 0.15) is 5.60 Å². The molecular formula is C12H21NO3. The first kappa shape index (κ1) is 11.7. The van der Waals surface area contributed by atoms with E-state index in [1.807, 2.05) is 20.8 Å². The normalized spacial score (nSPS) is 28.0. The highest BCUT2D eigenvalue weighted by Crippen LogP contribution is 2.44. The van der Waals surface area contributed by atoms with Gasteiger partial charge >= 0.3 is 6.09 Å². The van der Waals surface area contributed by atoms with Crippen molar-refractivity contribution in [3.63, 3.8) is 0 Å². The topological polar surface area (TPSA) is 49.8 Å². The van der Waals surface area contributed by atoms with Crippen molar-refractivity contribution in [1.29, 1.82) is 0 Å². The van der Waals surface area contributed by atoms with E-state index in [1.54, 1.807) is 4.90 Å². The van der Waals surface area contributed by atoms with Crippen molar-refractivity contribution >= 4 is 6.09 Å². The van der Waals surface area contributed by atoms with Gasteiger partial charge in [-0.1, -0.05) is 0 Å². The van der Waals surface area contributed by atoms with Crippen LogP contribution in [0, 0.1) is 0 Å². The van der Waals surface area contributed by atoms with Crippen molar-refractivity contribution in [2.75, 3.05) is 6.54 Å². The summed E-state index contributed by atoms with van der Waals surface area (Å²) in [5.41, 5.74) is -1.08. The highest BCUT2D eigenvalue weighted by Gasteiger charge is 2.53. The van der Waals surface area contributed by atoms with E-state index in [4.69, 9.17) is 4.74 Å². The number of carbonyl (C=O) groups excluding carboxylic acids is 1. The predicted molar refractivity (Wildman–Crippen MR) is 60.1 cm³/mol. The van der Waals surface area contributed by atoms with Crippen molar-refractivity contribution in [2.24, 2.45) is 0 Å². The molecule has 16 heavy (non-hydrogen) atoms. The molecule has 0 aromatic heterocycles. The van der Waals surface area contributed by atoms with E-state index in [0.717, 1.165) is 25.7 Å². The molecule has 0 aromatic rings. The zero-order valence-electron chi connectivity index (χ0n) is 10.3. The maximum Gasteiger partial charge on any atom is 0.410 e. The minimum absolute atomic E-state index is 0.0256. The van der Waals surface area contributed by atoms with E-state index in [1.165, 1.54) is 0 Å². The Morgan fingerprint density at radius 3 is 2.56 bits per heavy atom. The maximum absolute atomic E-state index is 11.9. The number of hydrogen-bond acceptors (Lipinski definition) is 3. The first-order valence-corrected chi connectivity index (χ1v) is 6.04. The van der Waals surface area contributed by atoms with E-state index < -0.39 is 11.2 Å². The summed E-state index contributed by atoms with van der Waals surface area (Å²) in [6, 6.07) is -0.0256. The molecule has 92 valence electrons. The number of likely N-dealkylation sites (tertiary alicyclic amines) is 1. The van der Waals surface area contributed by atoms with Gasteiger partial charge < -0.3 is 14.7 Å². The molecule has 1 aliphatic heterocycles. The average molecular weight is 227 g/mol. The fourth-order valence-electron chi connectivity index (χ4n) is 2.33. The van der Waals surface area contributed by atoms with Crippen molar-refractivity contribution in [1.82, 2.24) is 4.90 Å². The number of carbonyl (C=O) groups is 1. The van der Waals surface area contributed by atoms with Crippen molar-refractivity contribution in [2.45, 2.75) is 63.7 Å². The van der Waals surface area contributed by atoms with Crippen LogP contribution in [0.1, 0.15) is 46.5 Å². The SMILES string of the molecule is CC(C)(C)OC(=O)N1CCC[C@H]1C1(O)CC1. The Balaban J connectivity index is 2.00. The van der Waals surface area contributed by atoms with E-state index >= 15 is 0 Å². The van der Waals surface area contributed by atoms with Gasteiger partial charge in [0.15, 0.2) is 0 Å². The van der Waals surface area contributed by atoms with E-state index in [9.17, 15) is 9.90 Å². The Labute approximate surface area is 96.6 Å². The Hall–Kier alpha value is -0.770. The van der Waals surface area contributed by atoms with Gasteiger partial charge in [-0.05, 0) is 46.5 Å². The van der Waals surface area contributed by atoms with Crippen LogP contribution in [0.25, 0.3) is 0 Å². The highest BCUT2D eigenvalue weighted by atomic mass is 16.6. The van der Waals surface area contributed by atoms with Crippen molar-refractivity contribution in [3.05, 3.63) is 0 Å². The molecule has 0 radical (unpaired) electrons. The molecule has 1 heterocycles. The minimum atomic E-state index is -0.618. The number of aliphatic hydroxyl groups is 1. The smallest absolute Gasteiger partial charge is 0.410 e. The third kappa shape index (κ3) is 2.32. The molecule has 1 N–H and O–H groups in total. The second-order valence-electron chi connectivity index (χ2n) is 5.94. The molecular weight excluding hydrogens is 206 g/mol. The molecule has 2 aliphatic rings. The van der Waals surface area contributed by atoms with Gasteiger partial charge in [-0.15, -0.1) is 0 Å². The number of rotatable bonds is 1. The lowest BCUT2D eigenvalue weighted by Crippen LogP contribution is -2.46. The van der Waals surface area contributed by atoms with Crippen molar-refractivity contribution in [3.8, 4) is 0 Å². The Morgan fingerprint density at radius 1 is 1.44 bits per heavy atom. The molecule has 2 fully saturated rings. The number of amides is 1. The summed E-state index contributed by atoms with van der Waals surface area (Å²) in [5, 5.41) is 10.1. The molecule has 4 nitrogen and oxygen atoms in total. The van der Waals surface area contributed by atoms with E-state index in [2.05, 4.69) is 0 Å². The number of hydrogen-bond donors (Lipinski definition) is 1. The zero-order chi connectivity index (χ0) is 12.0. The Morgan fingerprint density at radius 2 is 2.06 bits per heavy atom. The van der Waals surface area contributed by atoms with Gasteiger partial charge in [-0.25, -0.2) is 4.79 Å². The molecule has 0 unspecified atom stereocenters. The van der Waals surface area contributed by atoms with Crippen LogP contribution in [-0.4, -0.2) is 39.9 Å². The Kier molecular flexibility index (Phi) is 2.65. The van der Waals surface area contributed by atoms with E-state index in [0.29, 0.717) is 6.54 Å². The summed E-state index contributed by atoms with van der Waals surface area (Å²) in [5.74, 6) is 0. The molecule has 1 saturated carbocycles. The maximum atomic E-state index is 11.9. The second-order valence-corrected chi connectivity index (χ2v) is 5.94. The summed E-state index contributed by atoms with van der Waals surface area (Å²) in [6.45, 7) is 6.30. The monoisotopic (exact) mass is 227 g/mol. The standard InChI is InChI=1S/C12H21NO3/c1-11(2,3)16-10(14)13-8-4-5-9(13)12(15)6-7-12/h9,15H,4-8H2,1-3H3/t9-/m0/s1. The summed E-state index contributed by atoms with van der Waals surface area (Å²) in [6.07, 6.45) is 3.21. The van der Waals surface area contributed by atoms with Gasteiger partial charge in [-0.2, -0.15) is 0 Å². The number of ether oxygens (including phenoxy) is 1. The summed E-state index contributed by atoms with van der Waals surface area (Å²) in [7, 11) is 0. The van der Waals surface area contributed by atoms with E-state index in [-0.39, 0.29) is 12.1 Å². The van der Waals surface area contributed by atoms with Crippen LogP contribution in [-0.2, 0) is 4.74 Å². The average Bonchev–Trinajstić information content (AvgIpc) is 2.70. The molecule has 0 aromatic carbocycles. The lowest BCUT2D eigenvalue weighted by atomic mass is 10.1. The summed E-state index contributed by atoms with van der Waals surface area (Å²) >= 11 is 0. The lowest BCUT2D eigenvalue weighted by molar-refractivity contribution is -0.000838. The first-order valence-electron chi connectivity index (χ1n) is 6.04. The zero-order valence-corrected chi connectivity index (χ0v) is 10.3. The van der Waals surface area contributed by atoms with Gasteiger partial charge in [-0.3, -0.25) is 0 Å². The van der Waals surface area contributed by atoms with Crippen LogP contribution in [0.3, 0.4) is 0 Å². The van der Waals surface area contributed by atoms with Gasteiger partial charge in [0.2, 0.25) is 0 Å². The molecule has 4 heteroatoms. The van der Waals surface area contributed by atoms with Gasteiger partial charge in [0, 0.05) is 6.54 Å². The Bertz CT molecular complexity index is 291. The van der Waals surface area contributed by atoms with Crippen LogP contribution in [0.15, 0.2) is 0 Å². The molecule has 0 spiro atoms. The third-order valence-corrected chi connectivity index (χ3v) is 3.26. The van der Waals surface area contributed by atoms with Crippen LogP contribution in [0.4, 0.5) is 4.79 Å². The quantitative estimate of drug-likeness (QED) is 0.744. The van der Waals surface area contributed by atoms with Crippen LogP contribution in [0.5, 0.6) is 0 Å². The van der Waals surface area contributed by atoms with Crippen LogP contribution in [0.2, 0.25) is 0 Å². The highest BCUT2D eigenvalue weighted by molar-refractivity contribution is 5.69. The van der Waals surface area contributed by atoms with Gasteiger partial charge in [0.05, 0.1) is 11.6 Å². The molecule has 1 atom stereocenters. The lowest BCUT2D eigenvalue weighted by Gasteiger charge is -2.31. The molecule has 2 rings (SSSR count). The predicted octanol–water partition coefficient (Wildman–Crippen LogP) is 1.91. The molecule has 0 bridgehead atoms. The minimum Gasteiger partial charge on any atom is -0.444 e. The van der Waals surface area contributed by atoms with Crippen LogP contribution >= 0.6 is 0 Å². The summed E-state index contributed by atoms with van der Waals surface area (Å²) < 4.78 is 5.35. The fraction of sp³-hybridized carbons (Fsp3) is 0.917. The first-order chi connectivity index (χ1) is 7.32. The summed E-state index contributed by atoms with van der Waals surface area (Å²) in [4.78, 5) is 13.6. The third-order valence-electron chi connectivity index (χ3n) is 3.26. The largest absolute Gasteiger partial charge is 0.444 e.